The molecule has 0 atom stereocenters. The predicted octanol–water partition coefficient (Wildman–Crippen LogP) is 6.64. The van der Waals surface area contributed by atoms with Gasteiger partial charge in [0.1, 0.15) is 5.82 Å². The van der Waals surface area contributed by atoms with E-state index >= 15 is 0 Å². The molecule has 40 heavy (non-hydrogen) atoms. The van der Waals surface area contributed by atoms with Crippen LogP contribution in [0, 0.1) is 5.82 Å². The molecule has 0 bridgehead atoms. The van der Waals surface area contributed by atoms with Gasteiger partial charge in [0.05, 0.1) is 5.69 Å². The number of aromatic nitrogens is 3. The molecule has 1 amide bonds. The van der Waals surface area contributed by atoms with Crippen molar-refractivity contribution in [2.75, 3.05) is 20.1 Å². The smallest absolute Gasteiger partial charge is 0.251 e. The molecule has 0 radical (unpaired) electrons. The zero-order valence-electron chi connectivity index (χ0n) is 21.9. The van der Waals surface area contributed by atoms with Crippen LogP contribution in [0.25, 0.3) is 44.5 Å². The SMILES string of the molecule is CN1CCC(NC(=O)c2cccc(-c3cncc(-c4cc(-c5cc(Cl)ccc5F)nc5ncccc45)c3)c2)CC1. The number of rotatable bonds is 5. The fourth-order valence-corrected chi connectivity index (χ4v) is 5.31. The maximum absolute atomic E-state index is 14.8. The Morgan fingerprint density at radius 3 is 2.62 bits per heavy atom. The summed E-state index contributed by atoms with van der Waals surface area (Å²) in [6.07, 6.45) is 7.10. The van der Waals surface area contributed by atoms with Crippen molar-refractivity contribution >= 4 is 28.5 Å². The summed E-state index contributed by atoms with van der Waals surface area (Å²) in [5, 5.41) is 4.43. The van der Waals surface area contributed by atoms with E-state index in [0.717, 1.165) is 53.6 Å². The van der Waals surface area contributed by atoms with Crippen molar-refractivity contribution in [1.29, 1.82) is 0 Å². The second-order valence-corrected chi connectivity index (χ2v) is 10.6. The Balaban J connectivity index is 1.36. The first-order valence-corrected chi connectivity index (χ1v) is 13.6. The van der Waals surface area contributed by atoms with Gasteiger partial charge in [-0.25, -0.2) is 14.4 Å². The van der Waals surface area contributed by atoms with Crippen LogP contribution in [-0.4, -0.2) is 51.9 Å². The summed E-state index contributed by atoms with van der Waals surface area (Å²) in [5.74, 6) is -0.486. The van der Waals surface area contributed by atoms with Crippen LogP contribution in [0.2, 0.25) is 5.02 Å². The summed E-state index contributed by atoms with van der Waals surface area (Å²) in [7, 11) is 2.10. The van der Waals surface area contributed by atoms with E-state index in [2.05, 4.69) is 32.2 Å². The van der Waals surface area contributed by atoms with E-state index < -0.39 is 5.82 Å². The van der Waals surface area contributed by atoms with Gasteiger partial charge in [-0.1, -0.05) is 23.7 Å². The number of pyridine rings is 3. The van der Waals surface area contributed by atoms with Crippen LogP contribution >= 0.6 is 11.6 Å². The number of likely N-dealkylation sites (tertiary alicyclic amines) is 1. The lowest BCUT2D eigenvalue weighted by Crippen LogP contribution is -2.43. The molecular weight excluding hydrogens is 525 g/mol. The lowest BCUT2D eigenvalue weighted by molar-refractivity contribution is 0.0917. The Hall–Kier alpha value is -4.20. The molecule has 0 unspecified atom stereocenters. The fraction of sp³-hybridized carbons (Fsp3) is 0.188. The number of carbonyl (C=O) groups is 1. The van der Waals surface area contributed by atoms with E-state index in [1.54, 1.807) is 24.7 Å². The average molecular weight is 552 g/mol. The molecule has 1 aliphatic heterocycles. The first-order chi connectivity index (χ1) is 19.4. The normalized spacial score (nSPS) is 14.4. The Labute approximate surface area is 236 Å². The number of nitrogens with zero attached hydrogens (tertiary/aromatic N) is 4. The van der Waals surface area contributed by atoms with Gasteiger partial charge in [0.25, 0.3) is 5.91 Å². The van der Waals surface area contributed by atoms with Crippen molar-refractivity contribution in [3.63, 3.8) is 0 Å². The first kappa shape index (κ1) is 26.0. The number of amides is 1. The van der Waals surface area contributed by atoms with Crippen LogP contribution in [0.5, 0.6) is 0 Å². The molecule has 8 heteroatoms. The highest BCUT2D eigenvalue weighted by Crippen LogP contribution is 2.34. The van der Waals surface area contributed by atoms with E-state index in [4.69, 9.17) is 11.6 Å². The molecule has 1 saturated heterocycles. The third kappa shape index (κ3) is 5.43. The zero-order chi connectivity index (χ0) is 27.6. The van der Waals surface area contributed by atoms with Crippen molar-refractivity contribution in [1.82, 2.24) is 25.2 Å². The Morgan fingerprint density at radius 2 is 1.77 bits per heavy atom. The number of halogens is 2. The molecule has 0 saturated carbocycles. The van der Waals surface area contributed by atoms with E-state index in [-0.39, 0.29) is 11.9 Å². The zero-order valence-corrected chi connectivity index (χ0v) is 22.7. The number of piperidine rings is 1. The van der Waals surface area contributed by atoms with Crippen LogP contribution in [-0.2, 0) is 0 Å². The second kappa shape index (κ2) is 11.1. The quantitative estimate of drug-likeness (QED) is 0.265. The highest BCUT2D eigenvalue weighted by molar-refractivity contribution is 6.30. The molecule has 1 N–H and O–H groups in total. The van der Waals surface area contributed by atoms with Crippen LogP contribution in [0.15, 0.2) is 85.3 Å². The monoisotopic (exact) mass is 551 g/mol. The number of carbonyl (C=O) groups excluding carboxylic acids is 1. The Bertz CT molecular complexity index is 1720. The molecule has 200 valence electrons. The summed E-state index contributed by atoms with van der Waals surface area (Å²) in [6.45, 7) is 1.96. The van der Waals surface area contributed by atoms with Gasteiger partial charge in [-0.3, -0.25) is 9.78 Å². The molecule has 1 aliphatic rings. The lowest BCUT2D eigenvalue weighted by Gasteiger charge is -2.29. The van der Waals surface area contributed by atoms with Crippen LogP contribution in [0.3, 0.4) is 0 Å². The first-order valence-electron chi connectivity index (χ1n) is 13.2. The van der Waals surface area contributed by atoms with Crippen molar-refractivity contribution in [3.05, 3.63) is 102 Å². The Morgan fingerprint density at radius 1 is 0.950 bits per heavy atom. The molecule has 4 heterocycles. The minimum Gasteiger partial charge on any atom is -0.349 e. The predicted molar refractivity (Wildman–Crippen MR) is 157 cm³/mol. The van der Waals surface area contributed by atoms with Crippen LogP contribution in [0.1, 0.15) is 23.2 Å². The van der Waals surface area contributed by atoms with Gasteiger partial charge < -0.3 is 10.2 Å². The van der Waals surface area contributed by atoms with E-state index in [1.807, 2.05) is 48.5 Å². The van der Waals surface area contributed by atoms with Crippen molar-refractivity contribution in [2.24, 2.45) is 0 Å². The highest BCUT2D eigenvalue weighted by Gasteiger charge is 2.20. The standard InChI is InChI=1S/C32H27ClFN5O/c1-39-12-9-25(10-13-39)37-32(40)21-5-2-4-20(14-21)22-15-23(19-35-18-22)27-17-30(28-16-24(33)7-8-29(28)34)38-31-26(27)6-3-11-36-31/h2-8,11,14-19,25H,9-10,12-13H2,1H3,(H,37,40). The number of hydrogen-bond acceptors (Lipinski definition) is 5. The number of fused-ring (bicyclic) bond motifs is 1. The molecule has 0 spiro atoms. The summed E-state index contributed by atoms with van der Waals surface area (Å²) < 4.78 is 14.8. The number of benzene rings is 2. The second-order valence-electron chi connectivity index (χ2n) is 10.1. The van der Waals surface area contributed by atoms with Gasteiger partial charge >= 0.3 is 0 Å². The van der Waals surface area contributed by atoms with Crippen molar-refractivity contribution in [3.8, 4) is 33.5 Å². The minimum atomic E-state index is -0.416. The third-order valence-corrected chi connectivity index (χ3v) is 7.58. The molecule has 1 fully saturated rings. The van der Waals surface area contributed by atoms with Crippen LogP contribution < -0.4 is 5.32 Å². The maximum Gasteiger partial charge on any atom is 0.251 e. The summed E-state index contributed by atoms with van der Waals surface area (Å²) >= 11 is 6.18. The summed E-state index contributed by atoms with van der Waals surface area (Å²) in [5.41, 5.74) is 5.21. The van der Waals surface area contributed by atoms with Crippen molar-refractivity contribution < 1.29 is 9.18 Å². The molecule has 5 aromatic rings. The van der Waals surface area contributed by atoms with E-state index in [0.29, 0.717) is 27.5 Å². The molecule has 6 rings (SSSR count). The maximum atomic E-state index is 14.8. The third-order valence-electron chi connectivity index (χ3n) is 7.35. The van der Waals surface area contributed by atoms with E-state index in [1.165, 1.54) is 12.1 Å². The topological polar surface area (TPSA) is 71.0 Å². The fourth-order valence-electron chi connectivity index (χ4n) is 5.13. The lowest BCUT2D eigenvalue weighted by atomic mass is 9.97. The number of nitrogens with one attached hydrogen (secondary N) is 1. The molecular formula is C32H27ClFN5O. The van der Waals surface area contributed by atoms with Gasteiger partial charge in [-0.05, 0) is 98.7 Å². The largest absolute Gasteiger partial charge is 0.349 e. The minimum absolute atomic E-state index is 0.0695. The van der Waals surface area contributed by atoms with Gasteiger partial charge in [0.2, 0.25) is 0 Å². The highest BCUT2D eigenvalue weighted by atomic mass is 35.5. The van der Waals surface area contributed by atoms with Gasteiger partial charge in [0.15, 0.2) is 5.65 Å². The summed E-state index contributed by atoms with van der Waals surface area (Å²) in [4.78, 5) is 28.9. The Kier molecular flexibility index (Phi) is 7.24. The summed E-state index contributed by atoms with van der Waals surface area (Å²) in [6, 6.07) is 19.8. The van der Waals surface area contributed by atoms with Crippen LogP contribution in [0.4, 0.5) is 4.39 Å². The van der Waals surface area contributed by atoms with Crippen molar-refractivity contribution in [2.45, 2.75) is 18.9 Å². The number of hydrogen-bond donors (Lipinski definition) is 1. The molecule has 3 aromatic heterocycles. The van der Waals surface area contributed by atoms with Gasteiger partial charge in [-0.15, -0.1) is 0 Å². The van der Waals surface area contributed by atoms with Gasteiger partial charge in [-0.2, -0.15) is 0 Å². The van der Waals surface area contributed by atoms with Gasteiger partial charge in [0, 0.05) is 57.3 Å². The molecule has 2 aromatic carbocycles. The molecule has 0 aliphatic carbocycles. The molecule has 6 nitrogen and oxygen atoms in total. The average Bonchev–Trinajstić information content (AvgIpc) is 2.99. The van der Waals surface area contributed by atoms with E-state index in [9.17, 15) is 9.18 Å².